The van der Waals surface area contributed by atoms with Crippen LogP contribution in [-0.4, -0.2) is 30.3 Å². The van der Waals surface area contributed by atoms with Gasteiger partial charge in [-0.1, -0.05) is 12.1 Å². The topological polar surface area (TPSA) is 67.4 Å². The second-order valence-electron chi connectivity index (χ2n) is 5.65. The predicted molar refractivity (Wildman–Crippen MR) is 89.3 cm³/mol. The van der Waals surface area contributed by atoms with Gasteiger partial charge in [0.15, 0.2) is 0 Å². The molecule has 2 aromatic rings. The lowest BCUT2D eigenvalue weighted by atomic mass is 10.1. The van der Waals surface area contributed by atoms with Crippen LogP contribution in [0.3, 0.4) is 0 Å². The maximum atomic E-state index is 14.0. The van der Waals surface area contributed by atoms with Crippen molar-refractivity contribution in [1.29, 1.82) is 0 Å². The molecule has 2 aromatic carbocycles. The zero-order chi connectivity index (χ0) is 21.8. The molecule has 29 heavy (non-hydrogen) atoms. The average molecular weight is 420 g/mol. The van der Waals surface area contributed by atoms with Crippen LogP contribution in [-0.2, 0) is 9.53 Å². The number of benzene rings is 2. The molecule has 1 unspecified atom stereocenters. The van der Waals surface area contributed by atoms with Crippen LogP contribution in [0.25, 0.3) is 0 Å². The zero-order valence-corrected chi connectivity index (χ0v) is 14.7. The highest BCUT2D eigenvalue weighted by Crippen LogP contribution is 2.34. The lowest BCUT2D eigenvalue weighted by Crippen LogP contribution is -2.69. The summed E-state index contributed by atoms with van der Waals surface area (Å²) in [5, 5.41) is 2.89. The van der Waals surface area contributed by atoms with E-state index in [1.54, 1.807) is 0 Å². The highest BCUT2D eigenvalue weighted by Gasteiger charge is 2.64. The molecule has 11 heteroatoms. The van der Waals surface area contributed by atoms with Gasteiger partial charge in [-0.05, 0) is 31.2 Å². The van der Waals surface area contributed by atoms with Gasteiger partial charge in [0, 0.05) is 6.07 Å². The fourth-order valence-electron chi connectivity index (χ4n) is 2.31. The number of halogens is 6. The van der Waals surface area contributed by atoms with Crippen LogP contribution in [0.1, 0.15) is 17.3 Å². The highest BCUT2D eigenvalue weighted by atomic mass is 19.4. The molecule has 5 nitrogen and oxygen atoms in total. The number of nitrogens with one attached hydrogen (secondary N) is 2. The van der Waals surface area contributed by atoms with Crippen molar-refractivity contribution in [1.82, 2.24) is 5.32 Å². The van der Waals surface area contributed by atoms with E-state index in [1.165, 1.54) is 29.7 Å². The molecule has 2 rings (SSSR count). The molecule has 0 aliphatic rings. The first-order chi connectivity index (χ1) is 13.5. The average Bonchev–Trinajstić information content (AvgIpc) is 2.62. The van der Waals surface area contributed by atoms with Crippen LogP contribution < -0.4 is 10.6 Å². The van der Waals surface area contributed by atoms with E-state index < -0.39 is 59.0 Å². The Bertz CT molecular complexity index is 919. The van der Waals surface area contributed by atoms with E-state index in [-0.39, 0.29) is 6.07 Å². The van der Waals surface area contributed by atoms with E-state index in [0.717, 1.165) is 12.1 Å². The van der Waals surface area contributed by atoms with Gasteiger partial charge in [0.1, 0.15) is 17.5 Å². The second-order valence-corrected chi connectivity index (χ2v) is 5.65. The number of hydrogen-bond acceptors (Lipinski definition) is 4. The van der Waals surface area contributed by atoms with Crippen molar-refractivity contribution in [3.05, 3.63) is 65.5 Å². The maximum Gasteiger partial charge on any atom is 0.441 e. The Labute approximate surface area is 160 Å². The molecule has 2 N–H and O–H groups in total. The molecule has 0 bridgehead atoms. The molecule has 0 fully saturated rings. The molecular formula is C18H14F6N2O3. The first kappa shape index (κ1) is 22.1. The second kappa shape index (κ2) is 8.41. The van der Waals surface area contributed by atoms with Gasteiger partial charge in [-0.15, -0.1) is 0 Å². The van der Waals surface area contributed by atoms with Crippen LogP contribution >= 0.6 is 0 Å². The Balaban J connectivity index is 2.57. The van der Waals surface area contributed by atoms with Crippen molar-refractivity contribution in [2.45, 2.75) is 18.8 Å². The number of carbonyl (C=O) groups excluding carboxylic acids is 2. The summed E-state index contributed by atoms with van der Waals surface area (Å²) in [6, 6.07) is 5.59. The quantitative estimate of drug-likeness (QED) is 0.424. The number of anilines is 1. The Morgan fingerprint density at radius 1 is 1.00 bits per heavy atom. The molecule has 0 saturated carbocycles. The fourth-order valence-corrected chi connectivity index (χ4v) is 2.31. The first-order valence-corrected chi connectivity index (χ1v) is 8.06. The fraction of sp³-hybridized carbons (Fsp3) is 0.222. The van der Waals surface area contributed by atoms with Crippen LogP contribution in [0.15, 0.2) is 42.5 Å². The Hall–Kier alpha value is -3.24. The van der Waals surface area contributed by atoms with Crippen molar-refractivity contribution in [3.63, 3.8) is 0 Å². The summed E-state index contributed by atoms with van der Waals surface area (Å²) in [4.78, 5) is 24.5. The van der Waals surface area contributed by atoms with Crippen molar-refractivity contribution in [2.75, 3.05) is 11.9 Å². The summed E-state index contributed by atoms with van der Waals surface area (Å²) in [6.45, 7) is 0.690. The third-order valence-corrected chi connectivity index (χ3v) is 3.68. The summed E-state index contributed by atoms with van der Waals surface area (Å²) in [6.07, 6.45) is -5.57. The van der Waals surface area contributed by atoms with E-state index in [4.69, 9.17) is 0 Å². The number of alkyl halides is 3. The summed E-state index contributed by atoms with van der Waals surface area (Å²) < 4.78 is 87.1. The number of hydrogen-bond donors (Lipinski definition) is 2. The molecule has 1 amide bonds. The third kappa shape index (κ3) is 4.61. The van der Waals surface area contributed by atoms with Gasteiger partial charge in [-0.2, -0.15) is 13.2 Å². The van der Waals surface area contributed by atoms with Gasteiger partial charge < -0.3 is 15.4 Å². The minimum absolute atomic E-state index is 0.271. The van der Waals surface area contributed by atoms with Crippen molar-refractivity contribution in [2.24, 2.45) is 0 Å². The zero-order valence-electron chi connectivity index (χ0n) is 14.7. The van der Waals surface area contributed by atoms with Crippen molar-refractivity contribution >= 4 is 17.6 Å². The summed E-state index contributed by atoms with van der Waals surface area (Å²) in [5.41, 5.74) is -5.74. The Morgan fingerprint density at radius 3 is 2.21 bits per heavy atom. The van der Waals surface area contributed by atoms with Gasteiger partial charge in [0.2, 0.25) is 0 Å². The van der Waals surface area contributed by atoms with E-state index in [1.807, 2.05) is 0 Å². The minimum atomic E-state index is -5.57. The predicted octanol–water partition coefficient (Wildman–Crippen LogP) is 3.77. The Morgan fingerprint density at radius 2 is 1.66 bits per heavy atom. The smallest absolute Gasteiger partial charge is 0.441 e. The largest absolute Gasteiger partial charge is 0.463 e. The first-order valence-electron chi connectivity index (χ1n) is 8.06. The van der Waals surface area contributed by atoms with Gasteiger partial charge in [0.25, 0.3) is 5.91 Å². The number of amides is 1. The van der Waals surface area contributed by atoms with Crippen molar-refractivity contribution in [3.8, 4) is 0 Å². The minimum Gasteiger partial charge on any atom is -0.463 e. The molecule has 0 radical (unpaired) electrons. The lowest BCUT2D eigenvalue weighted by molar-refractivity contribution is -0.204. The number of esters is 1. The van der Waals surface area contributed by atoms with Crippen LogP contribution in [0, 0.1) is 17.5 Å². The van der Waals surface area contributed by atoms with Gasteiger partial charge in [-0.3, -0.25) is 4.79 Å². The summed E-state index contributed by atoms with van der Waals surface area (Å²) in [5.74, 6) is -7.36. The van der Waals surface area contributed by atoms with E-state index in [2.05, 4.69) is 4.74 Å². The molecule has 0 saturated heterocycles. The van der Waals surface area contributed by atoms with Crippen LogP contribution in [0.2, 0.25) is 0 Å². The van der Waals surface area contributed by atoms with E-state index in [9.17, 15) is 35.9 Å². The van der Waals surface area contributed by atoms with Gasteiger partial charge in [-0.25, -0.2) is 18.0 Å². The molecule has 0 aliphatic carbocycles. The monoisotopic (exact) mass is 420 g/mol. The number of carbonyl (C=O) groups is 2. The molecule has 0 spiro atoms. The number of rotatable bonds is 6. The summed E-state index contributed by atoms with van der Waals surface area (Å²) >= 11 is 0. The molecule has 0 aliphatic heterocycles. The Kier molecular flexibility index (Phi) is 6.40. The molecule has 0 aromatic heterocycles. The molecule has 0 heterocycles. The molecule has 1 atom stereocenters. The van der Waals surface area contributed by atoms with Crippen LogP contribution in [0.4, 0.5) is 32.0 Å². The molecular weight excluding hydrogens is 406 g/mol. The normalized spacial score (nSPS) is 13.3. The highest BCUT2D eigenvalue weighted by molar-refractivity contribution is 5.99. The molecule has 156 valence electrons. The third-order valence-electron chi connectivity index (χ3n) is 3.68. The summed E-state index contributed by atoms with van der Waals surface area (Å²) in [7, 11) is 0. The van der Waals surface area contributed by atoms with E-state index >= 15 is 0 Å². The van der Waals surface area contributed by atoms with E-state index in [0.29, 0.717) is 12.1 Å². The van der Waals surface area contributed by atoms with Gasteiger partial charge >= 0.3 is 17.8 Å². The lowest BCUT2D eigenvalue weighted by Gasteiger charge is -2.35. The number of ether oxygens (including phenoxy) is 1. The van der Waals surface area contributed by atoms with Gasteiger partial charge in [0.05, 0.1) is 17.9 Å². The standard InChI is InChI=1S/C18H14F6N2O3/c1-2-29-16(28)17(18(22,23)24,25-14-8-7-10(19)9-13(14)21)26-15(27)11-5-3-4-6-12(11)20/h3-9,25H,2H2,1H3,(H,26,27). The SMILES string of the molecule is CCOC(=O)C(NC(=O)c1ccccc1F)(Nc1ccc(F)cc1F)C(F)(F)F. The maximum absolute atomic E-state index is 14.0. The van der Waals surface area contributed by atoms with Crippen molar-refractivity contribution < 1.29 is 40.7 Å². The van der Waals surface area contributed by atoms with Crippen LogP contribution in [0.5, 0.6) is 0 Å².